The molecule has 5 nitrogen and oxygen atoms in total. The summed E-state index contributed by atoms with van der Waals surface area (Å²) in [5, 5.41) is 10.8. The summed E-state index contributed by atoms with van der Waals surface area (Å²) in [5.41, 5.74) is 4.78. The minimum absolute atomic E-state index is 0.210. The Morgan fingerprint density at radius 3 is 2.59 bits per heavy atom. The number of carbonyl (C=O) groups is 1. The summed E-state index contributed by atoms with van der Waals surface area (Å²) < 4.78 is 12.0. The molecule has 0 amide bonds. The third-order valence-electron chi connectivity index (χ3n) is 5.88. The van der Waals surface area contributed by atoms with E-state index in [-0.39, 0.29) is 6.42 Å². The summed E-state index contributed by atoms with van der Waals surface area (Å²) in [5.74, 6) is 0.646. The zero-order valence-corrected chi connectivity index (χ0v) is 18.7. The number of ether oxygens (including phenoxy) is 1. The van der Waals surface area contributed by atoms with Crippen LogP contribution in [0.2, 0.25) is 0 Å². The minimum atomic E-state index is -0.748. The van der Waals surface area contributed by atoms with Gasteiger partial charge in [0.1, 0.15) is 11.3 Å². The maximum atomic E-state index is 10.6. The molecule has 0 bridgehead atoms. The Balaban J connectivity index is 1.35. The van der Waals surface area contributed by atoms with E-state index >= 15 is 0 Å². The van der Waals surface area contributed by atoms with E-state index in [4.69, 9.17) is 19.2 Å². The van der Waals surface area contributed by atoms with Gasteiger partial charge in [-0.15, -0.1) is 0 Å². The molecular weight excluding hydrogens is 426 g/mol. The fraction of sp³-hybridized carbons (Fsp3) is 0.172. The average molecular weight is 452 g/mol. The topological polar surface area (TPSA) is 72.6 Å². The van der Waals surface area contributed by atoms with Crippen LogP contribution in [-0.2, 0) is 4.79 Å². The Labute approximate surface area is 197 Å². The van der Waals surface area contributed by atoms with Crippen molar-refractivity contribution in [1.29, 1.82) is 0 Å². The van der Waals surface area contributed by atoms with Gasteiger partial charge in [0.25, 0.3) is 0 Å². The number of aromatic nitrogens is 1. The van der Waals surface area contributed by atoms with Crippen LogP contribution in [0.1, 0.15) is 25.7 Å². The van der Waals surface area contributed by atoms with Gasteiger partial charge in [-0.05, 0) is 77.6 Å². The normalized spacial score (nSPS) is 11.2. The van der Waals surface area contributed by atoms with Crippen LogP contribution >= 0.6 is 0 Å². The number of rotatable bonds is 9. The molecular formula is C29H25NO4. The molecule has 0 radical (unpaired) electrons. The molecule has 5 rings (SSSR count). The van der Waals surface area contributed by atoms with E-state index < -0.39 is 5.97 Å². The number of fused-ring (bicyclic) bond motifs is 2. The third-order valence-corrected chi connectivity index (χ3v) is 5.88. The van der Waals surface area contributed by atoms with Gasteiger partial charge in [-0.1, -0.05) is 48.5 Å². The van der Waals surface area contributed by atoms with Crippen molar-refractivity contribution in [2.75, 3.05) is 6.61 Å². The minimum Gasteiger partial charge on any atom is -0.494 e. The zero-order valence-electron chi connectivity index (χ0n) is 18.7. The smallest absolute Gasteiger partial charge is 0.303 e. The quantitative estimate of drug-likeness (QED) is 0.237. The van der Waals surface area contributed by atoms with Gasteiger partial charge in [0, 0.05) is 12.0 Å². The predicted octanol–water partition coefficient (Wildman–Crippen LogP) is 7.34. The Morgan fingerprint density at radius 1 is 0.853 bits per heavy atom. The van der Waals surface area contributed by atoms with E-state index in [0.29, 0.717) is 18.9 Å². The van der Waals surface area contributed by atoms with Gasteiger partial charge in [-0.2, -0.15) is 0 Å². The van der Waals surface area contributed by atoms with E-state index in [0.717, 1.165) is 57.2 Å². The summed E-state index contributed by atoms with van der Waals surface area (Å²) in [4.78, 5) is 15.4. The summed E-state index contributed by atoms with van der Waals surface area (Å²) in [6.07, 6.45) is 2.56. The number of benzene rings is 4. The summed E-state index contributed by atoms with van der Waals surface area (Å²) >= 11 is 0. The van der Waals surface area contributed by atoms with Crippen LogP contribution in [0, 0.1) is 0 Å². The molecule has 5 heteroatoms. The lowest BCUT2D eigenvalue weighted by molar-refractivity contribution is -0.137. The van der Waals surface area contributed by atoms with Crippen molar-refractivity contribution in [1.82, 2.24) is 4.98 Å². The number of carboxylic acids is 1. The summed E-state index contributed by atoms with van der Waals surface area (Å²) in [6.45, 7) is 0.569. The summed E-state index contributed by atoms with van der Waals surface area (Å²) in [6, 6.07) is 28.4. The molecule has 0 aliphatic heterocycles. The number of hydrogen-bond donors (Lipinski definition) is 1. The molecule has 170 valence electrons. The van der Waals surface area contributed by atoms with Gasteiger partial charge in [-0.3, -0.25) is 4.79 Å². The Kier molecular flexibility index (Phi) is 6.25. The first-order valence-electron chi connectivity index (χ1n) is 11.5. The van der Waals surface area contributed by atoms with E-state index in [1.54, 1.807) is 0 Å². The number of carboxylic acid groups (broad SMARTS) is 1. The molecule has 34 heavy (non-hydrogen) atoms. The first kappa shape index (κ1) is 21.7. The Hall–Kier alpha value is -4.12. The van der Waals surface area contributed by atoms with E-state index in [1.807, 2.05) is 54.6 Å². The molecule has 0 saturated heterocycles. The van der Waals surface area contributed by atoms with Gasteiger partial charge in [0.15, 0.2) is 5.58 Å². The van der Waals surface area contributed by atoms with Crippen molar-refractivity contribution >= 4 is 27.8 Å². The van der Waals surface area contributed by atoms with Crippen molar-refractivity contribution in [3.05, 3.63) is 84.9 Å². The lowest BCUT2D eigenvalue weighted by atomic mass is 10.0. The number of oxazole rings is 1. The van der Waals surface area contributed by atoms with Gasteiger partial charge < -0.3 is 14.3 Å². The number of unbranched alkanes of at least 4 members (excludes halogenated alkanes) is 2. The molecule has 0 unspecified atom stereocenters. The van der Waals surface area contributed by atoms with Crippen molar-refractivity contribution in [2.45, 2.75) is 25.7 Å². The van der Waals surface area contributed by atoms with Crippen LogP contribution in [-0.4, -0.2) is 22.7 Å². The molecule has 4 aromatic carbocycles. The van der Waals surface area contributed by atoms with E-state index in [9.17, 15) is 4.79 Å². The largest absolute Gasteiger partial charge is 0.494 e. The average Bonchev–Trinajstić information content (AvgIpc) is 3.29. The molecule has 1 N–H and O–H groups in total. The van der Waals surface area contributed by atoms with Crippen molar-refractivity contribution in [3.8, 4) is 28.3 Å². The maximum absolute atomic E-state index is 10.6. The zero-order chi connectivity index (χ0) is 23.3. The van der Waals surface area contributed by atoms with Crippen LogP contribution in [0.25, 0.3) is 44.5 Å². The Morgan fingerprint density at radius 2 is 1.74 bits per heavy atom. The standard InChI is InChI=1S/C29H25NO4/c31-28(32)12-5-2-6-17-33-23-14-15-24-22(18-23)10-7-11-25(24)29-30-26-19-21(13-16-27(26)34-29)20-8-3-1-4-9-20/h1,3-4,7-11,13-16,18-19H,2,5-6,12,17H2,(H,31,32). The molecule has 0 atom stereocenters. The first-order valence-corrected chi connectivity index (χ1v) is 11.5. The second kappa shape index (κ2) is 9.79. The number of aliphatic carboxylic acids is 1. The highest BCUT2D eigenvalue weighted by molar-refractivity contribution is 5.96. The van der Waals surface area contributed by atoms with Gasteiger partial charge in [-0.25, -0.2) is 4.98 Å². The van der Waals surface area contributed by atoms with Gasteiger partial charge in [0.2, 0.25) is 5.89 Å². The van der Waals surface area contributed by atoms with Gasteiger partial charge >= 0.3 is 5.97 Å². The lowest BCUT2D eigenvalue weighted by Gasteiger charge is -2.08. The van der Waals surface area contributed by atoms with E-state index in [2.05, 4.69) is 30.3 Å². The first-order chi connectivity index (χ1) is 16.7. The van der Waals surface area contributed by atoms with E-state index in [1.165, 1.54) is 0 Å². The van der Waals surface area contributed by atoms with Crippen LogP contribution in [0.15, 0.2) is 89.3 Å². The van der Waals surface area contributed by atoms with Gasteiger partial charge in [0.05, 0.1) is 6.61 Å². The fourth-order valence-corrected chi connectivity index (χ4v) is 4.14. The molecule has 0 aliphatic rings. The monoisotopic (exact) mass is 451 g/mol. The number of nitrogens with zero attached hydrogens (tertiary/aromatic N) is 1. The highest BCUT2D eigenvalue weighted by Gasteiger charge is 2.13. The fourth-order valence-electron chi connectivity index (χ4n) is 4.14. The molecule has 0 saturated carbocycles. The molecule has 0 fully saturated rings. The second-order valence-electron chi connectivity index (χ2n) is 8.31. The maximum Gasteiger partial charge on any atom is 0.303 e. The van der Waals surface area contributed by atoms with Crippen LogP contribution in [0.3, 0.4) is 0 Å². The van der Waals surface area contributed by atoms with Crippen LogP contribution in [0.4, 0.5) is 0 Å². The molecule has 0 aliphatic carbocycles. The molecule has 5 aromatic rings. The van der Waals surface area contributed by atoms with Crippen molar-refractivity contribution < 1.29 is 19.1 Å². The molecule has 1 heterocycles. The lowest BCUT2D eigenvalue weighted by Crippen LogP contribution is -1.99. The SMILES string of the molecule is O=C(O)CCCCCOc1ccc2c(-c3nc4cc(-c5ccccc5)ccc4o3)cccc2c1. The summed E-state index contributed by atoms with van der Waals surface area (Å²) in [7, 11) is 0. The second-order valence-corrected chi connectivity index (χ2v) is 8.31. The Bertz CT molecular complexity index is 1440. The third kappa shape index (κ3) is 4.79. The van der Waals surface area contributed by atoms with Crippen molar-refractivity contribution in [3.63, 3.8) is 0 Å². The molecule has 0 spiro atoms. The highest BCUT2D eigenvalue weighted by atomic mass is 16.5. The highest BCUT2D eigenvalue weighted by Crippen LogP contribution is 2.33. The molecule has 1 aromatic heterocycles. The predicted molar refractivity (Wildman–Crippen MR) is 134 cm³/mol. The van der Waals surface area contributed by atoms with Crippen molar-refractivity contribution in [2.24, 2.45) is 0 Å². The van der Waals surface area contributed by atoms with Crippen LogP contribution in [0.5, 0.6) is 5.75 Å². The number of hydrogen-bond acceptors (Lipinski definition) is 4. The van der Waals surface area contributed by atoms with Crippen LogP contribution < -0.4 is 4.74 Å².